The Hall–Kier alpha value is -5.10. The number of hydrazone groups is 1. The lowest BCUT2D eigenvalue weighted by Gasteiger charge is -2.11. The molecular formula is C27H22N6O3. The summed E-state index contributed by atoms with van der Waals surface area (Å²) in [6.07, 6.45) is 3.21. The average Bonchev–Trinajstić information content (AvgIpc) is 2.89. The lowest BCUT2D eigenvalue weighted by molar-refractivity contribution is 0.0526. The number of aryl methyl sites for hydroxylation is 1. The summed E-state index contributed by atoms with van der Waals surface area (Å²) in [5.74, 6) is -0.305. The number of rotatable bonds is 7. The van der Waals surface area contributed by atoms with Crippen molar-refractivity contribution in [2.45, 2.75) is 13.8 Å². The predicted octanol–water partition coefficient (Wildman–Crippen LogP) is 4.30. The summed E-state index contributed by atoms with van der Waals surface area (Å²) in [6, 6.07) is 20.0. The van der Waals surface area contributed by atoms with Crippen LogP contribution in [0.25, 0.3) is 22.5 Å². The third-order valence-corrected chi connectivity index (χ3v) is 5.29. The van der Waals surface area contributed by atoms with Crippen LogP contribution >= 0.6 is 0 Å². The van der Waals surface area contributed by atoms with Crippen molar-refractivity contribution in [3.05, 3.63) is 99.5 Å². The molecule has 2 heterocycles. The van der Waals surface area contributed by atoms with Gasteiger partial charge < -0.3 is 4.74 Å². The molecule has 36 heavy (non-hydrogen) atoms. The number of ether oxygens (including phenoxy) is 1. The molecule has 0 atom stereocenters. The highest BCUT2D eigenvalue weighted by atomic mass is 16.5. The Bertz CT molecular complexity index is 1520. The number of esters is 1. The van der Waals surface area contributed by atoms with Crippen LogP contribution < -0.4 is 11.0 Å². The number of H-pyrrole nitrogens is 1. The second kappa shape index (κ2) is 10.9. The topological polar surface area (TPSA) is 133 Å². The first-order chi connectivity index (χ1) is 17.5. The zero-order chi connectivity index (χ0) is 25.5. The molecule has 178 valence electrons. The predicted molar refractivity (Wildman–Crippen MR) is 137 cm³/mol. The lowest BCUT2D eigenvalue weighted by atomic mass is 10.0. The van der Waals surface area contributed by atoms with Crippen LogP contribution in [0.3, 0.4) is 0 Å². The van der Waals surface area contributed by atoms with Crippen molar-refractivity contribution in [3.8, 4) is 28.6 Å². The zero-order valence-electron chi connectivity index (χ0n) is 19.6. The Labute approximate surface area is 207 Å². The van der Waals surface area contributed by atoms with E-state index >= 15 is 0 Å². The van der Waals surface area contributed by atoms with E-state index in [2.05, 4.69) is 25.5 Å². The molecule has 0 radical (unpaired) electrons. The largest absolute Gasteiger partial charge is 0.462 e. The minimum atomic E-state index is -0.559. The van der Waals surface area contributed by atoms with Crippen molar-refractivity contribution in [2.75, 3.05) is 12.0 Å². The summed E-state index contributed by atoms with van der Waals surface area (Å²) in [5, 5.41) is 13.5. The highest BCUT2D eigenvalue weighted by molar-refractivity contribution is 5.97. The van der Waals surface area contributed by atoms with Gasteiger partial charge in [-0.25, -0.2) is 15.2 Å². The van der Waals surface area contributed by atoms with Gasteiger partial charge in [-0.05, 0) is 31.0 Å². The summed E-state index contributed by atoms with van der Waals surface area (Å²) < 4.78 is 5.19. The SMILES string of the molecule is CCOC(=O)c1c(C)ccnc1-c1ccc(C=NNc2nc(-c3ccccc3)c(C#N)c(=O)[nH]2)cc1. The maximum Gasteiger partial charge on any atom is 0.340 e. The van der Waals surface area contributed by atoms with E-state index < -0.39 is 11.5 Å². The van der Waals surface area contributed by atoms with Gasteiger partial charge in [-0.2, -0.15) is 10.4 Å². The van der Waals surface area contributed by atoms with Gasteiger partial charge in [-0.1, -0.05) is 54.6 Å². The number of hydrogen-bond acceptors (Lipinski definition) is 8. The number of aromatic amines is 1. The highest BCUT2D eigenvalue weighted by Crippen LogP contribution is 2.25. The molecule has 0 amide bonds. The van der Waals surface area contributed by atoms with Gasteiger partial charge in [0.2, 0.25) is 5.95 Å². The van der Waals surface area contributed by atoms with E-state index in [-0.39, 0.29) is 23.8 Å². The van der Waals surface area contributed by atoms with Crippen molar-refractivity contribution in [1.29, 1.82) is 5.26 Å². The van der Waals surface area contributed by atoms with Crippen molar-refractivity contribution in [3.63, 3.8) is 0 Å². The second-order valence-electron chi connectivity index (χ2n) is 7.68. The van der Waals surface area contributed by atoms with Crippen LogP contribution in [0.5, 0.6) is 0 Å². The number of anilines is 1. The number of nitriles is 1. The molecule has 0 aliphatic rings. The smallest absolute Gasteiger partial charge is 0.340 e. The summed E-state index contributed by atoms with van der Waals surface area (Å²) in [6.45, 7) is 3.88. The van der Waals surface area contributed by atoms with Crippen LogP contribution in [0.15, 0.2) is 76.8 Å². The van der Waals surface area contributed by atoms with Gasteiger partial charge in [0.15, 0.2) is 0 Å². The van der Waals surface area contributed by atoms with Gasteiger partial charge in [0.1, 0.15) is 11.6 Å². The first-order valence-corrected chi connectivity index (χ1v) is 11.1. The highest BCUT2D eigenvalue weighted by Gasteiger charge is 2.18. The molecule has 0 saturated heterocycles. The molecule has 0 saturated carbocycles. The van der Waals surface area contributed by atoms with Gasteiger partial charge in [0.25, 0.3) is 5.56 Å². The molecule has 2 N–H and O–H groups in total. The van der Waals surface area contributed by atoms with E-state index in [1.165, 1.54) is 0 Å². The van der Waals surface area contributed by atoms with Crippen LogP contribution in [-0.4, -0.2) is 33.7 Å². The fourth-order valence-corrected chi connectivity index (χ4v) is 3.57. The van der Waals surface area contributed by atoms with E-state index in [1.54, 1.807) is 49.7 Å². The van der Waals surface area contributed by atoms with Crippen LogP contribution in [0.2, 0.25) is 0 Å². The van der Waals surface area contributed by atoms with Gasteiger partial charge in [0, 0.05) is 17.3 Å². The molecule has 2 aromatic carbocycles. The molecule has 4 aromatic rings. The normalized spacial score (nSPS) is 10.7. The number of carbonyl (C=O) groups is 1. The molecule has 0 bridgehead atoms. The third kappa shape index (κ3) is 5.18. The summed E-state index contributed by atoms with van der Waals surface area (Å²) in [5.41, 5.74) is 6.28. The van der Waals surface area contributed by atoms with E-state index in [4.69, 9.17) is 4.74 Å². The van der Waals surface area contributed by atoms with Crippen molar-refractivity contribution in [2.24, 2.45) is 5.10 Å². The van der Waals surface area contributed by atoms with Gasteiger partial charge in [-0.15, -0.1) is 0 Å². The van der Waals surface area contributed by atoms with Gasteiger partial charge in [-0.3, -0.25) is 14.8 Å². The molecule has 9 heteroatoms. The maximum atomic E-state index is 12.4. The van der Waals surface area contributed by atoms with Crippen LogP contribution in [-0.2, 0) is 4.74 Å². The molecule has 0 fully saturated rings. The first-order valence-electron chi connectivity index (χ1n) is 11.1. The third-order valence-electron chi connectivity index (χ3n) is 5.29. The minimum Gasteiger partial charge on any atom is -0.462 e. The summed E-state index contributed by atoms with van der Waals surface area (Å²) in [7, 11) is 0. The average molecular weight is 479 g/mol. The standard InChI is InChI=1S/C27H22N6O3/c1-3-36-26(35)22-17(2)13-14-29-24(22)20-11-9-18(10-12-20)16-30-33-27-31-23(19-7-5-4-6-8-19)21(15-28)25(34)32-27/h4-14,16H,3H2,1-2H3,(H2,31,32,33,34). The number of pyridine rings is 1. The number of nitrogens with one attached hydrogen (secondary N) is 2. The fourth-order valence-electron chi connectivity index (χ4n) is 3.57. The first kappa shape index (κ1) is 24.0. The van der Waals surface area contributed by atoms with Gasteiger partial charge >= 0.3 is 5.97 Å². The molecule has 0 aliphatic carbocycles. The quantitative estimate of drug-likeness (QED) is 0.230. The second-order valence-corrected chi connectivity index (χ2v) is 7.68. The summed E-state index contributed by atoms with van der Waals surface area (Å²) in [4.78, 5) is 36.1. The fraction of sp³-hybridized carbons (Fsp3) is 0.111. The van der Waals surface area contributed by atoms with Crippen LogP contribution in [0.1, 0.15) is 34.0 Å². The molecule has 9 nitrogen and oxygen atoms in total. The zero-order valence-corrected chi connectivity index (χ0v) is 19.6. The lowest BCUT2D eigenvalue weighted by Crippen LogP contribution is -2.16. The number of hydrogen-bond donors (Lipinski definition) is 2. The number of benzene rings is 2. The number of carbonyl (C=O) groups excluding carboxylic acids is 1. The molecule has 0 aliphatic heterocycles. The molecule has 0 spiro atoms. The van der Waals surface area contributed by atoms with Gasteiger partial charge in [0.05, 0.1) is 29.8 Å². The van der Waals surface area contributed by atoms with E-state index in [0.717, 1.165) is 16.7 Å². The Kier molecular flexibility index (Phi) is 7.27. The number of aromatic nitrogens is 3. The molecule has 4 rings (SSSR count). The maximum absolute atomic E-state index is 12.4. The Morgan fingerprint density at radius 2 is 1.83 bits per heavy atom. The molecule has 0 unspecified atom stereocenters. The van der Waals surface area contributed by atoms with Crippen molar-refractivity contribution < 1.29 is 9.53 Å². The van der Waals surface area contributed by atoms with E-state index in [1.807, 2.05) is 43.3 Å². The monoisotopic (exact) mass is 478 g/mol. The van der Waals surface area contributed by atoms with Crippen molar-refractivity contribution in [1.82, 2.24) is 15.0 Å². The Balaban J connectivity index is 1.55. The minimum absolute atomic E-state index is 0.0711. The number of nitrogens with zero attached hydrogens (tertiary/aromatic N) is 4. The Morgan fingerprint density at radius 1 is 1.11 bits per heavy atom. The van der Waals surface area contributed by atoms with Crippen LogP contribution in [0, 0.1) is 18.3 Å². The molecule has 2 aromatic heterocycles. The molecular weight excluding hydrogens is 456 g/mol. The van der Waals surface area contributed by atoms with E-state index in [9.17, 15) is 14.9 Å². The van der Waals surface area contributed by atoms with E-state index in [0.29, 0.717) is 16.8 Å². The Morgan fingerprint density at radius 3 is 2.53 bits per heavy atom. The van der Waals surface area contributed by atoms with Crippen LogP contribution in [0.4, 0.5) is 5.95 Å². The summed E-state index contributed by atoms with van der Waals surface area (Å²) >= 11 is 0. The van der Waals surface area contributed by atoms with Crippen molar-refractivity contribution >= 4 is 18.1 Å².